The number of hydrogen-bond acceptors (Lipinski definition) is 4. The van der Waals surface area contributed by atoms with Crippen molar-refractivity contribution in [1.82, 2.24) is 10.3 Å². The summed E-state index contributed by atoms with van der Waals surface area (Å²) in [7, 11) is 0. The summed E-state index contributed by atoms with van der Waals surface area (Å²) in [6.07, 6.45) is 3.09. The van der Waals surface area contributed by atoms with Crippen LogP contribution in [0.2, 0.25) is 0 Å². The molecule has 0 fully saturated rings. The van der Waals surface area contributed by atoms with Crippen LogP contribution < -0.4 is 5.32 Å². The second kappa shape index (κ2) is 7.09. The van der Waals surface area contributed by atoms with E-state index in [1.54, 1.807) is 11.3 Å². The van der Waals surface area contributed by atoms with Crippen molar-refractivity contribution >= 4 is 11.3 Å². The summed E-state index contributed by atoms with van der Waals surface area (Å²) in [5, 5.41) is 15.9. The largest absolute Gasteiger partial charge is 0.396 e. The Morgan fingerprint density at radius 3 is 2.59 bits per heavy atom. The van der Waals surface area contributed by atoms with Crippen molar-refractivity contribution in [2.45, 2.75) is 46.6 Å². The zero-order valence-corrected chi connectivity index (χ0v) is 11.9. The molecular weight excluding hydrogens is 232 g/mol. The molecule has 0 aliphatic carbocycles. The first-order valence-electron chi connectivity index (χ1n) is 6.38. The number of aryl methyl sites for hydroxylation is 1. The normalized spacial score (nSPS) is 12.0. The SMILES string of the molecule is CCC(CC)(CCO)CNCc1nc(C)cs1. The highest BCUT2D eigenvalue weighted by molar-refractivity contribution is 7.09. The summed E-state index contributed by atoms with van der Waals surface area (Å²) in [5.74, 6) is 0. The molecule has 0 aromatic carbocycles. The van der Waals surface area contributed by atoms with Gasteiger partial charge in [0.25, 0.3) is 0 Å². The third kappa shape index (κ3) is 4.37. The lowest BCUT2D eigenvalue weighted by Crippen LogP contribution is -2.34. The third-order valence-corrected chi connectivity index (χ3v) is 4.55. The Morgan fingerprint density at radius 1 is 1.41 bits per heavy atom. The first kappa shape index (κ1) is 14.6. The Morgan fingerprint density at radius 2 is 2.12 bits per heavy atom. The van der Waals surface area contributed by atoms with Crippen LogP contribution in [0.3, 0.4) is 0 Å². The number of nitrogens with one attached hydrogen (secondary N) is 1. The molecule has 0 radical (unpaired) electrons. The molecule has 0 aliphatic rings. The zero-order valence-electron chi connectivity index (χ0n) is 11.1. The molecule has 3 nitrogen and oxygen atoms in total. The molecular formula is C13H24N2OS. The van der Waals surface area contributed by atoms with E-state index in [0.717, 1.165) is 43.1 Å². The Labute approximate surface area is 108 Å². The summed E-state index contributed by atoms with van der Waals surface area (Å²) in [6, 6.07) is 0. The van der Waals surface area contributed by atoms with Gasteiger partial charge in [0.15, 0.2) is 0 Å². The quantitative estimate of drug-likeness (QED) is 0.752. The number of rotatable bonds is 8. The van der Waals surface area contributed by atoms with Crippen LogP contribution in [0.5, 0.6) is 0 Å². The van der Waals surface area contributed by atoms with E-state index in [0.29, 0.717) is 0 Å². The Hall–Kier alpha value is -0.450. The van der Waals surface area contributed by atoms with E-state index in [1.165, 1.54) is 0 Å². The molecule has 0 atom stereocenters. The van der Waals surface area contributed by atoms with E-state index in [1.807, 2.05) is 6.92 Å². The molecule has 0 saturated carbocycles. The molecule has 98 valence electrons. The molecule has 1 heterocycles. The molecule has 17 heavy (non-hydrogen) atoms. The van der Waals surface area contributed by atoms with Gasteiger partial charge in [0, 0.05) is 30.8 Å². The molecule has 0 spiro atoms. The van der Waals surface area contributed by atoms with Gasteiger partial charge < -0.3 is 10.4 Å². The highest BCUT2D eigenvalue weighted by Crippen LogP contribution is 2.29. The number of aliphatic hydroxyl groups excluding tert-OH is 1. The van der Waals surface area contributed by atoms with E-state index < -0.39 is 0 Å². The fraction of sp³-hybridized carbons (Fsp3) is 0.769. The van der Waals surface area contributed by atoms with Gasteiger partial charge in [-0.15, -0.1) is 11.3 Å². The monoisotopic (exact) mass is 256 g/mol. The van der Waals surface area contributed by atoms with Gasteiger partial charge in [-0.3, -0.25) is 0 Å². The van der Waals surface area contributed by atoms with Crippen molar-refractivity contribution in [3.05, 3.63) is 16.1 Å². The first-order chi connectivity index (χ1) is 8.15. The number of aromatic nitrogens is 1. The Kier molecular flexibility index (Phi) is 6.09. The molecule has 1 aromatic rings. The Bertz CT molecular complexity index is 321. The van der Waals surface area contributed by atoms with Gasteiger partial charge in [0.2, 0.25) is 0 Å². The van der Waals surface area contributed by atoms with E-state index in [4.69, 9.17) is 5.11 Å². The van der Waals surface area contributed by atoms with Crippen molar-refractivity contribution in [1.29, 1.82) is 0 Å². The van der Waals surface area contributed by atoms with Crippen LogP contribution in [0.15, 0.2) is 5.38 Å². The number of hydrogen-bond donors (Lipinski definition) is 2. The van der Waals surface area contributed by atoms with Gasteiger partial charge in [-0.25, -0.2) is 4.98 Å². The minimum atomic E-state index is 0.237. The molecule has 2 N–H and O–H groups in total. The van der Waals surface area contributed by atoms with Gasteiger partial charge >= 0.3 is 0 Å². The number of aliphatic hydroxyl groups is 1. The lowest BCUT2D eigenvalue weighted by molar-refractivity contribution is 0.163. The molecule has 0 amide bonds. The van der Waals surface area contributed by atoms with Gasteiger partial charge in [-0.05, 0) is 31.6 Å². The van der Waals surface area contributed by atoms with Gasteiger partial charge in [-0.2, -0.15) is 0 Å². The average Bonchev–Trinajstić information content (AvgIpc) is 2.74. The summed E-state index contributed by atoms with van der Waals surface area (Å²) in [4.78, 5) is 4.43. The van der Waals surface area contributed by atoms with Crippen molar-refractivity contribution in [2.75, 3.05) is 13.2 Å². The van der Waals surface area contributed by atoms with Crippen LogP contribution in [-0.4, -0.2) is 23.2 Å². The lowest BCUT2D eigenvalue weighted by atomic mass is 9.79. The minimum Gasteiger partial charge on any atom is -0.396 e. The van der Waals surface area contributed by atoms with Crippen molar-refractivity contribution in [3.8, 4) is 0 Å². The maximum atomic E-state index is 9.15. The van der Waals surface area contributed by atoms with E-state index in [-0.39, 0.29) is 12.0 Å². The summed E-state index contributed by atoms with van der Waals surface area (Å²) < 4.78 is 0. The lowest BCUT2D eigenvalue weighted by Gasteiger charge is -2.31. The summed E-state index contributed by atoms with van der Waals surface area (Å²) in [5.41, 5.74) is 1.33. The van der Waals surface area contributed by atoms with Crippen LogP contribution in [0, 0.1) is 12.3 Å². The van der Waals surface area contributed by atoms with Crippen LogP contribution in [0.4, 0.5) is 0 Å². The average molecular weight is 256 g/mol. The smallest absolute Gasteiger partial charge is 0.107 e. The van der Waals surface area contributed by atoms with E-state index in [2.05, 4.69) is 29.5 Å². The Balaban J connectivity index is 2.41. The molecule has 0 bridgehead atoms. The second-order valence-corrected chi connectivity index (χ2v) is 5.61. The maximum Gasteiger partial charge on any atom is 0.107 e. The van der Waals surface area contributed by atoms with Crippen LogP contribution in [-0.2, 0) is 6.54 Å². The van der Waals surface area contributed by atoms with Crippen LogP contribution in [0.1, 0.15) is 43.8 Å². The number of thiazole rings is 1. The van der Waals surface area contributed by atoms with Crippen LogP contribution in [0.25, 0.3) is 0 Å². The highest BCUT2D eigenvalue weighted by atomic mass is 32.1. The maximum absolute atomic E-state index is 9.15. The van der Waals surface area contributed by atoms with E-state index >= 15 is 0 Å². The predicted octanol–water partition coefficient (Wildman–Crippen LogP) is 2.73. The van der Waals surface area contributed by atoms with E-state index in [9.17, 15) is 0 Å². The standard InChI is InChI=1S/C13H24N2OS/c1-4-13(5-2,6-7-16)10-14-8-12-15-11(3)9-17-12/h9,14,16H,4-8,10H2,1-3H3. The predicted molar refractivity (Wildman–Crippen MR) is 73.3 cm³/mol. The molecule has 4 heteroatoms. The van der Waals surface area contributed by atoms with Crippen LogP contribution >= 0.6 is 11.3 Å². The first-order valence-corrected chi connectivity index (χ1v) is 7.26. The topological polar surface area (TPSA) is 45.1 Å². The fourth-order valence-corrected chi connectivity index (χ4v) is 2.84. The fourth-order valence-electron chi connectivity index (χ4n) is 2.10. The molecule has 0 unspecified atom stereocenters. The van der Waals surface area contributed by atoms with Crippen molar-refractivity contribution < 1.29 is 5.11 Å². The van der Waals surface area contributed by atoms with Gasteiger partial charge in [0.1, 0.15) is 5.01 Å². The molecule has 1 aromatic heterocycles. The van der Waals surface area contributed by atoms with Gasteiger partial charge in [0.05, 0.1) is 0 Å². The summed E-state index contributed by atoms with van der Waals surface area (Å²) in [6.45, 7) is 8.50. The summed E-state index contributed by atoms with van der Waals surface area (Å²) >= 11 is 1.71. The zero-order chi connectivity index (χ0) is 12.7. The van der Waals surface area contributed by atoms with Crippen molar-refractivity contribution in [3.63, 3.8) is 0 Å². The minimum absolute atomic E-state index is 0.237. The molecule has 0 aliphatic heterocycles. The molecule has 1 rings (SSSR count). The third-order valence-electron chi connectivity index (χ3n) is 3.58. The number of nitrogens with zero attached hydrogens (tertiary/aromatic N) is 1. The van der Waals surface area contributed by atoms with Crippen molar-refractivity contribution in [2.24, 2.45) is 5.41 Å². The highest BCUT2D eigenvalue weighted by Gasteiger charge is 2.24. The molecule has 0 saturated heterocycles. The van der Waals surface area contributed by atoms with Gasteiger partial charge in [-0.1, -0.05) is 13.8 Å². The second-order valence-electron chi connectivity index (χ2n) is 4.67.